The van der Waals surface area contributed by atoms with Gasteiger partial charge < -0.3 is 14.4 Å². The molecule has 2 heterocycles. The Bertz CT molecular complexity index is 1160. The molecule has 31 heavy (non-hydrogen) atoms. The molecule has 0 unspecified atom stereocenters. The Hall–Kier alpha value is -2.39. The molecule has 1 fully saturated rings. The topological polar surface area (TPSA) is 75.0 Å². The van der Waals surface area contributed by atoms with E-state index in [-0.39, 0.29) is 4.90 Å². The van der Waals surface area contributed by atoms with Crippen LogP contribution in [0.5, 0.6) is 5.75 Å². The monoisotopic (exact) mass is 443 g/mol. The Morgan fingerprint density at radius 3 is 2.32 bits per heavy atom. The van der Waals surface area contributed by atoms with Gasteiger partial charge in [0.1, 0.15) is 5.75 Å². The first kappa shape index (κ1) is 21.8. The molecule has 1 saturated heterocycles. The molecule has 1 aliphatic rings. The summed E-state index contributed by atoms with van der Waals surface area (Å²) in [5, 5.41) is 12.1. The lowest BCUT2D eigenvalue weighted by molar-refractivity contribution is 0.0925. The second-order valence-electron chi connectivity index (χ2n) is 7.97. The molecule has 3 aromatic rings. The van der Waals surface area contributed by atoms with Gasteiger partial charge in [-0.05, 0) is 37.3 Å². The van der Waals surface area contributed by atoms with Crippen molar-refractivity contribution in [2.75, 3.05) is 39.8 Å². The van der Waals surface area contributed by atoms with Gasteiger partial charge in [0.2, 0.25) is 10.0 Å². The normalized spacial score (nSPS) is 17.2. The van der Waals surface area contributed by atoms with Crippen LogP contribution in [0.15, 0.2) is 53.4 Å². The molecule has 166 valence electrons. The van der Waals surface area contributed by atoms with Crippen molar-refractivity contribution in [1.29, 1.82) is 0 Å². The van der Waals surface area contributed by atoms with Crippen molar-refractivity contribution in [1.82, 2.24) is 13.8 Å². The molecule has 0 aliphatic carbocycles. The van der Waals surface area contributed by atoms with Crippen LogP contribution in [0, 0.1) is 6.92 Å². The van der Waals surface area contributed by atoms with Gasteiger partial charge in [0, 0.05) is 61.9 Å². The van der Waals surface area contributed by atoms with Crippen molar-refractivity contribution in [3.8, 4) is 5.75 Å². The molecule has 0 amide bonds. The molecule has 0 bridgehead atoms. The Morgan fingerprint density at radius 1 is 1.03 bits per heavy atom. The smallest absolute Gasteiger partial charge is 0.243 e. The van der Waals surface area contributed by atoms with E-state index in [4.69, 9.17) is 4.74 Å². The number of methoxy groups -OCH3 is 1. The number of benzene rings is 2. The predicted octanol–water partition coefficient (Wildman–Crippen LogP) is 2.54. The van der Waals surface area contributed by atoms with Crippen molar-refractivity contribution in [3.63, 3.8) is 0 Å². The van der Waals surface area contributed by atoms with Crippen molar-refractivity contribution < 1.29 is 18.3 Å². The lowest BCUT2D eigenvalue weighted by Crippen LogP contribution is -2.49. The van der Waals surface area contributed by atoms with Crippen LogP contribution in [0.2, 0.25) is 0 Å². The first-order valence-corrected chi connectivity index (χ1v) is 11.9. The van der Waals surface area contributed by atoms with Crippen LogP contribution in [0.4, 0.5) is 0 Å². The first-order chi connectivity index (χ1) is 14.8. The van der Waals surface area contributed by atoms with Crippen LogP contribution in [0.25, 0.3) is 10.9 Å². The van der Waals surface area contributed by atoms with Crippen molar-refractivity contribution in [2.24, 2.45) is 7.05 Å². The summed E-state index contributed by atoms with van der Waals surface area (Å²) in [7, 11) is 0.0251. The molecular weight excluding hydrogens is 414 g/mol. The summed E-state index contributed by atoms with van der Waals surface area (Å²) in [6, 6.07) is 14.6. The van der Waals surface area contributed by atoms with Crippen LogP contribution in [0.3, 0.4) is 0 Å². The minimum atomic E-state index is -3.54. The minimum Gasteiger partial charge on any atom is -0.497 e. The Morgan fingerprint density at radius 2 is 1.68 bits per heavy atom. The lowest BCUT2D eigenvalue weighted by Gasteiger charge is -2.35. The zero-order chi connectivity index (χ0) is 22.2. The highest BCUT2D eigenvalue weighted by Crippen LogP contribution is 2.31. The third-order valence-corrected chi connectivity index (χ3v) is 8.15. The molecule has 7 nitrogen and oxygen atoms in total. The fourth-order valence-electron chi connectivity index (χ4n) is 4.36. The van der Waals surface area contributed by atoms with Gasteiger partial charge in [-0.1, -0.05) is 18.2 Å². The fourth-order valence-corrected chi connectivity index (χ4v) is 5.78. The predicted molar refractivity (Wildman–Crippen MR) is 121 cm³/mol. The average Bonchev–Trinajstić information content (AvgIpc) is 3.04. The molecule has 1 aliphatic heterocycles. The summed E-state index contributed by atoms with van der Waals surface area (Å²) >= 11 is 0. The first-order valence-electron chi connectivity index (χ1n) is 10.4. The van der Waals surface area contributed by atoms with E-state index in [1.807, 2.05) is 32.2 Å². The lowest BCUT2D eigenvalue weighted by atomic mass is 10.0. The number of aryl methyl sites for hydroxylation is 1. The zero-order valence-electron chi connectivity index (χ0n) is 18.2. The van der Waals surface area contributed by atoms with Crippen LogP contribution < -0.4 is 4.74 Å². The van der Waals surface area contributed by atoms with E-state index >= 15 is 0 Å². The van der Waals surface area contributed by atoms with Crippen LogP contribution in [0.1, 0.15) is 17.4 Å². The number of piperazine rings is 1. The van der Waals surface area contributed by atoms with Crippen molar-refractivity contribution in [2.45, 2.75) is 17.9 Å². The van der Waals surface area contributed by atoms with E-state index in [0.29, 0.717) is 38.5 Å². The highest BCUT2D eigenvalue weighted by Gasteiger charge is 2.30. The van der Waals surface area contributed by atoms with E-state index in [1.54, 1.807) is 31.4 Å². The van der Waals surface area contributed by atoms with Gasteiger partial charge in [-0.3, -0.25) is 4.90 Å². The third kappa shape index (κ3) is 4.08. The molecule has 4 rings (SSSR count). The van der Waals surface area contributed by atoms with Crippen LogP contribution in [-0.4, -0.2) is 67.1 Å². The zero-order valence-corrected chi connectivity index (χ0v) is 19.0. The highest BCUT2D eigenvalue weighted by molar-refractivity contribution is 7.89. The Kier molecular flexibility index (Phi) is 6.07. The molecular formula is C23H29N3O4S. The standard InChI is InChI=1S/C23H29N3O4S/c1-17-23(20-6-4-5-7-21(20)24(17)2)22(27)16-25-12-14-26(15-13-25)31(28,29)19-10-8-18(30-3)9-11-19/h4-11,22,27H,12-16H2,1-3H3/t22-/m0/s1. The summed E-state index contributed by atoms with van der Waals surface area (Å²) in [6.07, 6.45) is -0.629. The highest BCUT2D eigenvalue weighted by atomic mass is 32.2. The summed E-state index contributed by atoms with van der Waals surface area (Å²) in [5.41, 5.74) is 3.10. The van der Waals surface area contributed by atoms with Gasteiger partial charge >= 0.3 is 0 Å². The maximum absolute atomic E-state index is 12.9. The number of hydrogen-bond acceptors (Lipinski definition) is 5. The number of fused-ring (bicyclic) bond motifs is 1. The van der Waals surface area contributed by atoms with E-state index in [2.05, 4.69) is 15.5 Å². The largest absolute Gasteiger partial charge is 0.497 e. The maximum Gasteiger partial charge on any atom is 0.243 e. The minimum absolute atomic E-state index is 0.271. The maximum atomic E-state index is 12.9. The van der Waals surface area contributed by atoms with Gasteiger partial charge in [0.15, 0.2) is 0 Å². The molecule has 0 saturated carbocycles. The number of sulfonamides is 1. The molecule has 1 N–H and O–H groups in total. The quantitative estimate of drug-likeness (QED) is 0.634. The SMILES string of the molecule is COc1ccc(S(=O)(=O)N2CCN(C[C@H](O)c3c(C)n(C)c4ccccc34)CC2)cc1. The average molecular weight is 444 g/mol. The van der Waals surface area contributed by atoms with E-state index < -0.39 is 16.1 Å². The van der Waals surface area contributed by atoms with Crippen molar-refractivity contribution in [3.05, 3.63) is 59.8 Å². The van der Waals surface area contributed by atoms with Crippen LogP contribution >= 0.6 is 0 Å². The second kappa shape index (κ2) is 8.63. The van der Waals surface area contributed by atoms with Gasteiger partial charge in [-0.15, -0.1) is 0 Å². The fraction of sp³-hybridized carbons (Fsp3) is 0.391. The number of nitrogens with zero attached hydrogens (tertiary/aromatic N) is 3. The summed E-state index contributed by atoms with van der Waals surface area (Å²) < 4.78 is 34.6. The third-order valence-electron chi connectivity index (χ3n) is 6.24. The molecule has 1 atom stereocenters. The molecule has 1 aromatic heterocycles. The molecule has 2 aromatic carbocycles. The number of aromatic nitrogens is 1. The van der Waals surface area contributed by atoms with E-state index in [9.17, 15) is 13.5 Å². The summed E-state index contributed by atoms with van der Waals surface area (Å²) in [4.78, 5) is 2.40. The Balaban J connectivity index is 1.43. The van der Waals surface area contributed by atoms with E-state index in [1.165, 1.54) is 4.31 Å². The Labute approximate surface area is 183 Å². The molecule has 8 heteroatoms. The van der Waals surface area contributed by atoms with Gasteiger partial charge in [0.05, 0.1) is 18.1 Å². The summed E-state index contributed by atoms with van der Waals surface area (Å²) in [5.74, 6) is 0.626. The van der Waals surface area contributed by atoms with Gasteiger partial charge in [-0.2, -0.15) is 4.31 Å². The number of hydrogen-bond donors (Lipinski definition) is 1. The summed E-state index contributed by atoms with van der Waals surface area (Å²) in [6.45, 7) is 4.46. The van der Waals surface area contributed by atoms with Gasteiger partial charge in [0.25, 0.3) is 0 Å². The number of aliphatic hydroxyl groups is 1. The van der Waals surface area contributed by atoms with Crippen molar-refractivity contribution >= 4 is 20.9 Å². The molecule has 0 spiro atoms. The molecule has 0 radical (unpaired) electrons. The number of rotatable bonds is 6. The number of para-hydroxylation sites is 1. The van der Waals surface area contributed by atoms with Gasteiger partial charge in [-0.25, -0.2) is 8.42 Å². The van der Waals surface area contributed by atoms with Crippen LogP contribution in [-0.2, 0) is 17.1 Å². The number of aliphatic hydroxyl groups excluding tert-OH is 1. The second-order valence-corrected chi connectivity index (χ2v) is 9.91. The number of β-amino-alcohol motifs (C(OH)–C–C–N with tert-alkyl or cyclic N) is 1. The van der Waals surface area contributed by atoms with E-state index in [0.717, 1.165) is 22.2 Å². The number of ether oxygens (including phenoxy) is 1.